The van der Waals surface area contributed by atoms with Gasteiger partial charge in [0.05, 0.1) is 12.8 Å². The summed E-state index contributed by atoms with van der Waals surface area (Å²) in [5.74, 6) is -0.343. The predicted octanol–water partition coefficient (Wildman–Crippen LogP) is -1.05. The Balaban J connectivity index is 2.53. The van der Waals surface area contributed by atoms with Crippen molar-refractivity contribution < 1.29 is 9.53 Å². The quantitative estimate of drug-likeness (QED) is 0.604. The minimum absolute atomic E-state index is 0.0913. The topological polar surface area (TPSA) is 83.0 Å². The van der Waals surface area contributed by atoms with E-state index in [4.69, 9.17) is 5.73 Å². The zero-order valence-corrected chi connectivity index (χ0v) is 7.43. The van der Waals surface area contributed by atoms with Crippen LogP contribution in [-0.4, -0.2) is 34.6 Å². The number of ether oxygens (including phenoxy) is 1. The molecule has 0 aliphatic carbocycles. The number of nitrogens with zero attached hydrogens (tertiary/aromatic N) is 3. The lowest BCUT2D eigenvalue weighted by atomic mass is 10.3. The maximum absolute atomic E-state index is 10.8. The van der Waals surface area contributed by atoms with Gasteiger partial charge in [0.2, 0.25) is 0 Å². The van der Waals surface area contributed by atoms with Gasteiger partial charge < -0.3 is 10.5 Å². The maximum Gasteiger partial charge on any atom is 0.327 e. The molecular formula is C7H12N4O2. The first-order valence-corrected chi connectivity index (χ1v) is 3.92. The summed E-state index contributed by atoms with van der Waals surface area (Å²) in [6.07, 6.45) is 2.35. The zero-order valence-electron chi connectivity index (χ0n) is 7.43. The molecule has 0 saturated heterocycles. The Kier molecular flexibility index (Phi) is 3.39. The zero-order chi connectivity index (χ0) is 9.68. The van der Waals surface area contributed by atoms with Crippen LogP contribution < -0.4 is 5.73 Å². The number of carbonyl (C=O) groups excluding carboxylic acids is 1. The van der Waals surface area contributed by atoms with Gasteiger partial charge >= 0.3 is 5.97 Å². The number of methoxy groups -OCH3 is 1. The van der Waals surface area contributed by atoms with Crippen molar-refractivity contribution in [3.8, 4) is 0 Å². The van der Waals surface area contributed by atoms with E-state index in [0.29, 0.717) is 13.0 Å². The first-order valence-electron chi connectivity index (χ1n) is 3.92. The Hall–Kier alpha value is -1.43. The molecule has 0 unspecified atom stereocenters. The largest absolute Gasteiger partial charge is 0.468 e. The van der Waals surface area contributed by atoms with Crippen LogP contribution in [0.5, 0.6) is 0 Å². The van der Waals surface area contributed by atoms with E-state index >= 15 is 0 Å². The van der Waals surface area contributed by atoms with Gasteiger partial charge in [-0.25, -0.2) is 4.68 Å². The van der Waals surface area contributed by atoms with Crippen molar-refractivity contribution in [3.05, 3.63) is 11.9 Å². The number of rotatable bonds is 4. The summed E-state index contributed by atoms with van der Waals surface area (Å²) in [5, 5.41) is 7.55. The van der Waals surface area contributed by atoms with Gasteiger partial charge in [0.1, 0.15) is 6.54 Å². The highest BCUT2D eigenvalue weighted by molar-refractivity contribution is 5.68. The third kappa shape index (κ3) is 2.83. The van der Waals surface area contributed by atoms with Gasteiger partial charge in [-0.05, 0) is 6.54 Å². The first-order chi connectivity index (χ1) is 6.26. The highest BCUT2D eigenvalue weighted by Gasteiger charge is 2.04. The number of nitrogens with two attached hydrogens (primary N) is 1. The number of esters is 1. The lowest BCUT2D eigenvalue weighted by Gasteiger charge is -1.96. The minimum Gasteiger partial charge on any atom is -0.468 e. The molecule has 0 atom stereocenters. The number of aromatic nitrogens is 3. The van der Waals surface area contributed by atoms with Crippen LogP contribution in [0, 0.1) is 0 Å². The SMILES string of the molecule is COC(=O)Cn1cc(CCN)nn1. The average molecular weight is 184 g/mol. The fourth-order valence-corrected chi connectivity index (χ4v) is 0.875. The summed E-state index contributed by atoms with van der Waals surface area (Å²) in [6.45, 7) is 0.616. The molecule has 13 heavy (non-hydrogen) atoms. The van der Waals surface area contributed by atoms with E-state index in [1.807, 2.05) is 0 Å². The average Bonchev–Trinajstić information content (AvgIpc) is 2.53. The van der Waals surface area contributed by atoms with E-state index in [2.05, 4.69) is 15.0 Å². The molecule has 0 amide bonds. The van der Waals surface area contributed by atoms with Crippen LogP contribution in [0.15, 0.2) is 6.20 Å². The van der Waals surface area contributed by atoms with Crippen molar-refractivity contribution in [3.63, 3.8) is 0 Å². The van der Waals surface area contributed by atoms with Crippen molar-refractivity contribution in [2.24, 2.45) is 5.73 Å². The fourth-order valence-electron chi connectivity index (χ4n) is 0.875. The molecule has 0 aromatic carbocycles. The highest BCUT2D eigenvalue weighted by Crippen LogP contribution is 1.93. The molecule has 0 aliphatic heterocycles. The van der Waals surface area contributed by atoms with Gasteiger partial charge in [0.15, 0.2) is 0 Å². The summed E-state index contributed by atoms with van der Waals surface area (Å²) in [6, 6.07) is 0. The van der Waals surface area contributed by atoms with Crippen LogP contribution in [0.1, 0.15) is 5.69 Å². The summed E-state index contributed by atoms with van der Waals surface area (Å²) < 4.78 is 5.90. The molecule has 0 saturated carbocycles. The second-order valence-electron chi connectivity index (χ2n) is 2.52. The van der Waals surface area contributed by atoms with Crippen molar-refractivity contribution in [1.29, 1.82) is 0 Å². The Labute approximate surface area is 75.7 Å². The smallest absolute Gasteiger partial charge is 0.327 e. The van der Waals surface area contributed by atoms with Crippen molar-refractivity contribution in [1.82, 2.24) is 15.0 Å². The molecule has 0 spiro atoms. The van der Waals surface area contributed by atoms with E-state index in [1.54, 1.807) is 6.20 Å². The Morgan fingerprint density at radius 2 is 2.54 bits per heavy atom. The standard InChI is InChI=1S/C7H12N4O2/c1-13-7(12)5-11-4-6(2-3-8)9-10-11/h4H,2-3,5,8H2,1H3. The Morgan fingerprint density at radius 3 is 3.15 bits per heavy atom. The monoisotopic (exact) mass is 184 g/mol. The van der Waals surface area contributed by atoms with E-state index < -0.39 is 0 Å². The lowest BCUT2D eigenvalue weighted by Crippen LogP contribution is -2.11. The van der Waals surface area contributed by atoms with Gasteiger partial charge in [0.25, 0.3) is 0 Å². The van der Waals surface area contributed by atoms with E-state index in [0.717, 1.165) is 5.69 Å². The van der Waals surface area contributed by atoms with Crippen LogP contribution >= 0.6 is 0 Å². The fraction of sp³-hybridized carbons (Fsp3) is 0.571. The molecular weight excluding hydrogens is 172 g/mol. The van der Waals surface area contributed by atoms with E-state index in [1.165, 1.54) is 11.8 Å². The van der Waals surface area contributed by atoms with Crippen LogP contribution in [-0.2, 0) is 22.5 Å². The van der Waals surface area contributed by atoms with Crippen molar-refractivity contribution >= 4 is 5.97 Å². The van der Waals surface area contributed by atoms with Gasteiger partial charge in [-0.2, -0.15) is 0 Å². The van der Waals surface area contributed by atoms with Crippen LogP contribution in [0.3, 0.4) is 0 Å². The van der Waals surface area contributed by atoms with Gasteiger partial charge in [-0.3, -0.25) is 4.79 Å². The Bertz CT molecular complexity index is 284. The molecule has 72 valence electrons. The minimum atomic E-state index is -0.343. The third-order valence-electron chi connectivity index (χ3n) is 1.51. The molecule has 1 rings (SSSR count). The van der Waals surface area contributed by atoms with Gasteiger partial charge in [0, 0.05) is 12.6 Å². The molecule has 0 fully saturated rings. The van der Waals surface area contributed by atoms with Crippen LogP contribution in [0.4, 0.5) is 0 Å². The van der Waals surface area contributed by atoms with Crippen LogP contribution in [0.25, 0.3) is 0 Å². The highest BCUT2D eigenvalue weighted by atomic mass is 16.5. The molecule has 0 aliphatic rings. The molecule has 6 nitrogen and oxygen atoms in total. The molecule has 1 aromatic heterocycles. The molecule has 0 radical (unpaired) electrons. The Morgan fingerprint density at radius 1 is 1.77 bits per heavy atom. The predicted molar refractivity (Wildman–Crippen MR) is 44.8 cm³/mol. The van der Waals surface area contributed by atoms with Crippen LogP contribution in [0.2, 0.25) is 0 Å². The normalized spacial score (nSPS) is 10.0. The molecule has 2 N–H and O–H groups in total. The third-order valence-corrected chi connectivity index (χ3v) is 1.51. The maximum atomic E-state index is 10.8. The lowest BCUT2D eigenvalue weighted by molar-refractivity contribution is -0.141. The van der Waals surface area contributed by atoms with Gasteiger partial charge in [-0.15, -0.1) is 5.10 Å². The molecule has 1 heterocycles. The second-order valence-corrected chi connectivity index (χ2v) is 2.52. The molecule has 0 bridgehead atoms. The van der Waals surface area contributed by atoms with E-state index in [-0.39, 0.29) is 12.5 Å². The second kappa shape index (κ2) is 4.56. The summed E-state index contributed by atoms with van der Waals surface area (Å²) in [7, 11) is 1.33. The summed E-state index contributed by atoms with van der Waals surface area (Å²) in [5.41, 5.74) is 6.11. The van der Waals surface area contributed by atoms with Crippen molar-refractivity contribution in [2.45, 2.75) is 13.0 Å². The first kappa shape index (κ1) is 9.66. The van der Waals surface area contributed by atoms with Gasteiger partial charge in [-0.1, -0.05) is 5.21 Å². The molecule has 1 aromatic rings. The van der Waals surface area contributed by atoms with E-state index in [9.17, 15) is 4.79 Å². The number of hydrogen-bond acceptors (Lipinski definition) is 5. The van der Waals surface area contributed by atoms with Crippen molar-refractivity contribution in [2.75, 3.05) is 13.7 Å². The number of carbonyl (C=O) groups is 1. The molecule has 6 heteroatoms. The number of hydrogen-bond donors (Lipinski definition) is 1. The summed E-state index contributed by atoms with van der Waals surface area (Å²) >= 11 is 0. The summed E-state index contributed by atoms with van der Waals surface area (Å²) in [4.78, 5) is 10.8.